The lowest BCUT2D eigenvalue weighted by Crippen LogP contribution is -2.50. The monoisotopic (exact) mass is 374 g/mol. The van der Waals surface area contributed by atoms with Crippen LogP contribution in [0.3, 0.4) is 0 Å². The Balaban J connectivity index is 2.02. The summed E-state index contributed by atoms with van der Waals surface area (Å²) in [6.45, 7) is 14.0. The average molecular weight is 375 g/mol. The van der Waals surface area contributed by atoms with Crippen LogP contribution in [0.5, 0.6) is 5.75 Å². The molecule has 2 rings (SSSR count). The van der Waals surface area contributed by atoms with Crippen molar-refractivity contribution in [2.45, 2.75) is 72.2 Å². The highest BCUT2D eigenvalue weighted by Crippen LogP contribution is 2.44. The summed E-state index contributed by atoms with van der Waals surface area (Å²) in [7, 11) is 0. The first-order valence-electron chi connectivity index (χ1n) is 9.86. The third-order valence-corrected chi connectivity index (χ3v) is 5.98. The van der Waals surface area contributed by atoms with Crippen molar-refractivity contribution in [1.82, 2.24) is 0 Å². The largest absolute Gasteiger partial charge is 0.479 e. The zero-order valence-corrected chi connectivity index (χ0v) is 17.3. The summed E-state index contributed by atoms with van der Waals surface area (Å²) in [6, 6.07) is 7.48. The Morgan fingerprint density at radius 3 is 2.07 bits per heavy atom. The van der Waals surface area contributed by atoms with Crippen LogP contribution in [0.4, 0.5) is 0 Å². The van der Waals surface area contributed by atoms with Gasteiger partial charge in [-0.15, -0.1) is 0 Å². The van der Waals surface area contributed by atoms with Crippen molar-refractivity contribution in [1.29, 1.82) is 0 Å². The van der Waals surface area contributed by atoms with Gasteiger partial charge in [0.25, 0.3) is 0 Å². The molecule has 2 atom stereocenters. The Hall–Kier alpha value is -1.81. The number of aliphatic carboxylic acids is 1. The van der Waals surface area contributed by atoms with E-state index in [2.05, 4.69) is 27.4 Å². The summed E-state index contributed by atoms with van der Waals surface area (Å²) in [5.41, 5.74) is 0.0184. The number of hydrogen-bond acceptors (Lipinski definition) is 3. The van der Waals surface area contributed by atoms with E-state index >= 15 is 0 Å². The van der Waals surface area contributed by atoms with Crippen molar-refractivity contribution < 1.29 is 19.4 Å². The molecule has 0 spiro atoms. The van der Waals surface area contributed by atoms with Crippen LogP contribution in [0, 0.1) is 17.3 Å². The Labute approximate surface area is 163 Å². The van der Waals surface area contributed by atoms with Crippen LogP contribution < -0.4 is 4.74 Å². The van der Waals surface area contributed by atoms with E-state index in [0.29, 0.717) is 11.7 Å². The van der Waals surface area contributed by atoms with E-state index in [1.807, 2.05) is 24.3 Å². The predicted octanol–water partition coefficient (Wildman–Crippen LogP) is 5.77. The van der Waals surface area contributed by atoms with Crippen LogP contribution >= 0.6 is 0 Å². The molecule has 0 bridgehead atoms. The predicted molar refractivity (Wildman–Crippen MR) is 109 cm³/mol. The highest BCUT2D eigenvalue weighted by atomic mass is 16.7. The minimum absolute atomic E-state index is 0.0113. The van der Waals surface area contributed by atoms with Gasteiger partial charge in [-0.3, -0.25) is 0 Å². The number of carboxylic acids is 1. The Bertz CT molecular complexity index is 635. The fraction of sp³-hybridized carbons (Fsp3) is 0.609. The third-order valence-electron chi connectivity index (χ3n) is 5.98. The van der Waals surface area contributed by atoms with E-state index in [0.717, 1.165) is 31.2 Å². The highest BCUT2D eigenvalue weighted by Gasteiger charge is 2.46. The van der Waals surface area contributed by atoms with Crippen LogP contribution in [0.15, 0.2) is 30.8 Å². The maximum atomic E-state index is 12.1. The molecule has 1 aliphatic rings. The Morgan fingerprint density at radius 2 is 1.63 bits per heavy atom. The molecule has 1 aromatic rings. The van der Waals surface area contributed by atoms with Gasteiger partial charge < -0.3 is 14.6 Å². The molecule has 4 heteroatoms. The maximum Gasteiger partial charge on any atom is 0.336 e. The molecule has 2 unspecified atom stereocenters. The van der Waals surface area contributed by atoms with Crippen molar-refractivity contribution in [3.8, 4) is 5.75 Å². The molecule has 0 radical (unpaired) electrons. The molecule has 1 aliphatic carbocycles. The van der Waals surface area contributed by atoms with Crippen molar-refractivity contribution in [2.75, 3.05) is 0 Å². The highest BCUT2D eigenvalue weighted by molar-refractivity contribution is 5.77. The van der Waals surface area contributed by atoms with Gasteiger partial charge in [0.05, 0.1) is 0 Å². The second kappa shape index (κ2) is 8.47. The molecule has 0 aromatic heterocycles. The van der Waals surface area contributed by atoms with Crippen molar-refractivity contribution in [3.63, 3.8) is 0 Å². The maximum absolute atomic E-state index is 12.1. The number of ether oxygens (including phenoxy) is 2. The van der Waals surface area contributed by atoms with Gasteiger partial charge in [0.1, 0.15) is 5.75 Å². The number of rotatable bonds is 7. The fourth-order valence-corrected chi connectivity index (χ4v) is 4.07. The molecule has 1 N–H and O–H groups in total. The first kappa shape index (κ1) is 21.5. The van der Waals surface area contributed by atoms with E-state index in [4.69, 9.17) is 9.47 Å². The molecule has 1 aromatic carbocycles. The molecule has 1 saturated carbocycles. The molecule has 1 fully saturated rings. The Morgan fingerprint density at radius 1 is 1.11 bits per heavy atom. The topological polar surface area (TPSA) is 55.8 Å². The van der Waals surface area contributed by atoms with Crippen LogP contribution in [-0.2, 0) is 9.53 Å². The van der Waals surface area contributed by atoms with Gasteiger partial charge in [0, 0.05) is 0 Å². The van der Waals surface area contributed by atoms with E-state index in [1.165, 1.54) is 0 Å². The summed E-state index contributed by atoms with van der Waals surface area (Å²) in [5, 5.41) is 9.90. The van der Waals surface area contributed by atoms with Gasteiger partial charge in [-0.1, -0.05) is 45.6 Å². The minimum atomic E-state index is -1.25. The SMILES string of the molecule is C=Cc1ccc(OC(C)OC(C)(C(=O)O)C2CCC(C(C)(C)C)CC2)cc1. The van der Waals surface area contributed by atoms with Crippen molar-refractivity contribution >= 4 is 12.0 Å². The van der Waals surface area contributed by atoms with E-state index < -0.39 is 17.9 Å². The first-order chi connectivity index (χ1) is 12.6. The van der Waals surface area contributed by atoms with Crippen molar-refractivity contribution in [2.24, 2.45) is 17.3 Å². The molecule has 0 aliphatic heterocycles. The lowest BCUT2D eigenvalue weighted by Gasteiger charge is -2.42. The van der Waals surface area contributed by atoms with E-state index in [-0.39, 0.29) is 11.3 Å². The van der Waals surface area contributed by atoms with Gasteiger partial charge in [0.15, 0.2) is 11.9 Å². The zero-order valence-electron chi connectivity index (χ0n) is 17.3. The van der Waals surface area contributed by atoms with Crippen LogP contribution in [0.25, 0.3) is 6.08 Å². The van der Waals surface area contributed by atoms with E-state index in [9.17, 15) is 9.90 Å². The minimum Gasteiger partial charge on any atom is -0.479 e. The number of hydrogen-bond donors (Lipinski definition) is 1. The summed E-state index contributed by atoms with van der Waals surface area (Å²) in [5.74, 6) is 0.350. The van der Waals surface area contributed by atoms with Gasteiger partial charge >= 0.3 is 5.97 Å². The van der Waals surface area contributed by atoms with Crippen LogP contribution in [0.1, 0.15) is 65.9 Å². The van der Waals surface area contributed by atoms with Crippen LogP contribution in [0.2, 0.25) is 0 Å². The summed E-state index contributed by atoms with van der Waals surface area (Å²) >= 11 is 0. The summed E-state index contributed by atoms with van der Waals surface area (Å²) in [4.78, 5) is 12.1. The number of carboxylic acid groups (broad SMARTS) is 1. The molecule has 0 amide bonds. The fourth-order valence-electron chi connectivity index (χ4n) is 4.07. The number of carbonyl (C=O) groups is 1. The van der Waals surface area contributed by atoms with Gasteiger partial charge in [-0.25, -0.2) is 4.79 Å². The van der Waals surface area contributed by atoms with E-state index in [1.54, 1.807) is 19.9 Å². The Kier molecular flexibility index (Phi) is 6.74. The first-order valence-corrected chi connectivity index (χ1v) is 9.86. The lowest BCUT2D eigenvalue weighted by molar-refractivity contribution is -0.207. The molecule has 0 heterocycles. The van der Waals surface area contributed by atoms with Gasteiger partial charge in [-0.05, 0) is 74.5 Å². The van der Waals surface area contributed by atoms with Gasteiger partial charge in [0.2, 0.25) is 0 Å². The summed E-state index contributed by atoms with van der Waals surface area (Å²) in [6.07, 6.45) is 4.92. The average Bonchev–Trinajstić information content (AvgIpc) is 2.61. The standard InChI is InChI=1S/C23H34O4/c1-7-17-8-14-20(15-9-17)26-16(2)27-23(6,21(24)25)19-12-10-18(11-13-19)22(3,4)5/h7-9,14-16,18-19H,1,10-13H2,2-6H3,(H,24,25). The number of benzene rings is 1. The lowest BCUT2D eigenvalue weighted by atomic mass is 9.66. The molecule has 150 valence electrons. The van der Waals surface area contributed by atoms with Crippen molar-refractivity contribution in [3.05, 3.63) is 36.4 Å². The second-order valence-corrected chi connectivity index (χ2v) is 8.90. The molecule has 4 nitrogen and oxygen atoms in total. The third kappa shape index (κ3) is 5.35. The molecule has 0 saturated heterocycles. The quantitative estimate of drug-likeness (QED) is 0.616. The van der Waals surface area contributed by atoms with Gasteiger partial charge in [-0.2, -0.15) is 0 Å². The molecular formula is C23H34O4. The second-order valence-electron chi connectivity index (χ2n) is 8.90. The molecule has 27 heavy (non-hydrogen) atoms. The normalized spacial score (nSPS) is 23.9. The zero-order chi connectivity index (χ0) is 20.2. The smallest absolute Gasteiger partial charge is 0.336 e. The van der Waals surface area contributed by atoms with Crippen LogP contribution in [-0.4, -0.2) is 23.0 Å². The molecular weight excluding hydrogens is 340 g/mol. The summed E-state index contributed by atoms with van der Waals surface area (Å²) < 4.78 is 11.8.